The summed E-state index contributed by atoms with van der Waals surface area (Å²) < 4.78 is 59.3. The number of carbonyl (C=O) groups excluding carboxylic acids is 2. The Hall–Kier alpha value is -4.66. The van der Waals surface area contributed by atoms with Crippen molar-refractivity contribution in [3.63, 3.8) is 0 Å². The topological polar surface area (TPSA) is 154 Å². The highest BCUT2D eigenvalue weighted by molar-refractivity contribution is 7.92. The van der Waals surface area contributed by atoms with Gasteiger partial charge in [-0.25, -0.2) is 22.2 Å². The molecule has 14 heteroatoms. The minimum Gasteiger partial charge on any atom is -0.445 e. The number of rotatable bonds is 17. The number of oxazole rings is 1. The van der Waals surface area contributed by atoms with E-state index in [2.05, 4.69) is 20.3 Å². The Kier molecular flexibility index (Phi) is 13.0. The van der Waals surface area contributed by atoms with Gasteiger partial charge in [0.2, 0.25) is 15.9 Å². The molecular formula is C35H41F2N5O6S. The van der Waals surface area contributed by atoms with Crippen LogP contribution >= 0.6 is 0 Å². The van der Waals surface area contributed by atoms with E-state index in [1.165, 1.54) is 24.6 Å². The molecule has 0 aliphatic carbocycles. The van der Waals surface area contributed by atoms with Gasteiger partial charge in [-0.2, -0.15) is 0 Å². The smallest absolute Gasteiger partial charge is 0.253 e. The summed E-state index contributed by atoms with van der Waals surface area (Å²) in [5.41, 5.74) is 2.04. The second kappa shape index (κ2) is 17.1. The van der Waals surface area contributed by atoms with E-state index in [9.17, 15) is 31.9 Å². The van der Waals surface area contributed by atoms with Gasteiger partial charge >= 0.3 is 0 Å². The molecule has 0 aliphatic heterocycles. The van der Waals surface area contributed by atoms with Crippen molar-refractivity contribution in [1.82, 2.24) is 20.5 Å². The van der Waals surface area contributed by atoms with Crippen LogP contribution in [-0.4, -0.2) is 73.3 Å². The molecule has 49 heavy (non-hydrogen) atoms. The van der Waals surface area contributed by atoms with Crippen LogP contribution in [0.4, 0.5) is 14.5 Å². The second-order valence-corrected chi connectivity index (χ2v) is 13.5. The summed E-state index contributed by atoms with van der Waals surface area (Å²) in [4.78, 5) is 33.3. The number of halogens is 2. The number of hydrogen-bond donors (Lipinski definition) is 4. The molecular weight excluding hydrogens is 656 g/mol. The van der Waals surface area contributed by atoms with Gasteiger partial charge in [0, 0.05) is 54.6 Å². The summed E-state index contributed by atoms with van der Waals surface area (Å²) in [5.74, 6) is -2.31. The van der Waals surface area contributed by atoms with E-state index in [4.69, 9.17) is 4.42 Å². The summed E-state index contributed by atoms with van der Waals surface area (Å²) in [7, 11) is -3.48. The number of amides is 2. The Labute approximate surface area is 284 Å². The van der Waals surface area contributed by atoms with E-state index in [0.717, 1.165) is 42.9 Å². The highest BCUT2D eigenvalue weighted by Gasteiger charge is 2.25. The normalized spacial score (nSPS) is 12.7. The van der Waals surface area contributed by atoms with Crippen LogP contribution in [0.1, 0.15) is 58.5 Å². The highest BCUT2D eigenvalue weighted by Crippen LogP contribution is 2.23. The maximum atomic E-state index is 14.1. The number of anilines is 1. The lowest BCUT2D eigenvalue weighted by atomic mass is 9.99. The molecule has 1 heterocycles. The molecule has 0 spiro atoms. The third kappa shape index (κ3) is 11.2. The molecule has 0 fully saturated rings. The monoisotopic (exact) mass is 697 g/mol. The van der Waals surface area contributed by atoms with Crippen LogP contribution in [0.2, 0.25) is 0 Å². The van der Waals surface area contributed by atoms with E-state index in [1.807, 2.05) is 13.8 Å². The van der Waals surface area contributed by atoms with E-state index in [1.54, 1.807) is 35.2 Å². The Bertz CT molecular complexity index is 1810. The molecule has 2 atom stereocenters. The summed E-state index contributed by atoms with van der Waals surface area (Å²) in [6.45, 7) is 5.19. The predicted molar refractivity (Wildman–Crippen MR) is 182 cm³/mol. The van der Waals surface area contributed by atoms with Gasteiger partial charge in [-0.15, -0.1) is 0 Å². The Morgan fingerprint density at radius 2 is 1.65 bits per heavy atom. The van der Waals surface area contributed by atoms with Crippen molar-refractivity contribution in [3.8, 4) is 11.5 Å². The van der Waals surface area contributed by atoms with Crippen molar-refractivity contribution < 1.29 is 36.3 Å². The summed E-state index contributed by atoms with van der Waals surface area (Å²) in [6, 6.07) is 13.2. The molecule has 4 N–H and O–H groups in total. The zero-order valence-corrected chi connectivity index (χ0v) is 28.4. The molecule has 262 valence electrons. The number of benzene rings is 3. The standard InChI is InChI=1S/C35H41F2N5O6S/c1-4-10-42(11-5-2)35(45)27-18-25(17-26(19-27)34-39-9-12-48-34)33(44)40-31(16-24-13-28(36)20-29(37)14-24)32(43)22-38-21-23-7-6-8-30(15-23)41-49(3,46)47/h6-9,12-15,17-20,31-32,38,41,43H,4-5,10-11,16,21-22H2,1-3H3,(H,40,44)/t31-,32+/m0/s1. The molecule has 1 aromatic heterocycles. The Morgan fingerprint density at radius 1 is 0.959 bits per heavy atom. The van der Waals surface area contributed by atoms with Crippen molar-refractivity contribution in [2.45, 2.75) is 51.8 Å². The molecule has 3 aromatic carbocycles. The van der Waals surface area contributed by atoms with E-state index in [0.29, 0.717) is 24.3 Å². The number of carbonyl (C=O) groups is 2. The van der Waals surface area contributed by atoms with Crippen molar-refractivity contribution in [3.05, 3.63) is 107 Å². The number of aliphatic hydroxyl groups is 1. The fourth-order valence-corrected chi connectivity index (χ4v) is 5.95. The maximum absolute atomic E-state index is 14.1. The van der Waals surface area contributed by atoms with Gasteiger partial charge in [0.15, 0.2) is 0 Å². The maximum Gasteiger partial charge on any atom is 0.253 e. The lowest BCUT2D eigenvalue weighted by Crippen LogP contribution is -2.48. The first-order valence-corrected chi connectivity index (χ1v) is 17.8. The quantitative estimate of drug-likeness (QED) is 0.123. The fraction of sp³-hybridized carbons (Fsp3) is 0.343. The van der Waals surface area contributed by atoms with Crippen LogP contribution in [-0.2, 0) is 23.0 Å². The number of hydrogen-bond acceptors (Lipinski definition) is 8. The van der Waals surface area contributed by atoms with E-state index in [-0.39, 0.29) is 48.0 Å². The van der Waals surface area contributed by atoms with Gasteiger partial charge in [0.1, 0.15) is 17.9 Å². The van der Waals surface area contributed by atoms with E-state index >= 15 is 0 Å². The summed E-state index contributed by atoms with van der Waals surface area (Å²) in [5, 5.41) is 17.2. The summed E-state index contributed by atoms with van der Waals surface area (Å²) >= 11 is 0. The first kappa shape index (κ1) is 37.2. The second-order valence-electron chi connectivity index (χ2n) is 11.8. The van der Waals surface area contributed by atoms with Crippen LogP contribution in [0.25, 0.3) is 11.5 Å². The molecule has 0 unspecified atom stereocenters. The van der Waals surface area contributed by atoms with E-state index < -0.39 is 39.7 Å². The van der Waals surface area contributed by atoms with Crippen LogP contribution in [0.5, 0.6) is 0 Å². The van der Waals surface area contributed by atoms with Gasteiger partial charge < -0.3 is 25.1 Å². The molecule has 2 amide bonds. The zero-order chi connectivity index (χ0) is 35.6. The Morgan fingerprint density at radius 3 is 2.29 bits per heavy atom. The lowest BCUT2D eigenvalue weighted by Gasteiger charge is -2.25. The average molecular weight is 698 g/mol. The lowest BCUT2D eigenvalue weighted by molar-refractivity contribution is 0.0755. The van der Waals surface area contributed by atoms with Crippen LogP contribution in [0.3, 0.4) is 0 Å². The SMILES string of the molecule is CCCN(CCC)C(=O)c1cc(C(=O)N[C@@H](Cc2cc(F)cc(F)c2)[C@H](O)CNCc2cccc(NS(C)(=O)=O)c2)cc(-c2ncco2)c1. The first-order valence-electron chi connectivity index (χ1n) is 15.9. The number of nitrogens with zero attached hydrogens (tertiary/aromatic N) is 2. The third-order valence-electron chi connectivity index (χ3n) is 7.47. The van der Waals surface area contributed by atoms with Gasteiger partial charge in [-0.3, -0.25) is 14.3 Å². The first-order chi connectivity index (χ1) is 23.3. The molecule has 0 radical (unpaired) electrons. The molecule has 0 saturated heterocycles. The highest BCUT2D eigenvalue weighted by atomic mass is 32.2. The molecule has 0 saturated carbocycles. The molecule has 4 rings (SSSR count). The number of sulfonamides is 1. The molecule has 4 aromatic rings. The number of aliphatic hydroxyl groups excluding tert-OH is 1. The summed E-state index contributed by atoms with van der Waals surface area (Å²) in [6.07, 6.45) is 3.99. The van der Waals surface area contributed by atoms with Crippen LogP contribution < -0.4 is 15.4 Å². The largest absolute Gasteiger partial charge is 0.445 e. The fourth-order valence-electron chi connectivity index (χ4n) is 5.39. The minimum absolute atomic E-state index is 0.0461. The van der Waals surface area contributed by atoms with Gasteiger partial charge in [0.25, 0.3) is 11.8 Å². The van der Waals surface area contributed by atoms with Crippen molar-refractivity contribution in [1.29, 1.82) is 0 Å². The van der Waals surface area contributed by atoms with Gasteiger partial charge in [-0.1, -0.05) is 26.0 Å². The van der Waals surface area contributed by atoms with Crippen LogP contribution in [0, 0.1) is 11.6 Å². The number of aromatic nitrogens is 1. The molecule has 11 nitrogen and oxygen atoms in total. The minimum atomic E-state index is -3.48. The third-order valence-corrected chi connectivity index (χ3v) is 8.07. The van der Waals surface area contributed by atoms with Gasteiger partial charge in [0.05, 0.1) is 24.6 Å². The van der Waals surface area contributed by atoms with Crippen molar-refractivity contribution in [2.24, 2.45) is 0 Å². The predicted octanol–water partition coefficient (Wildman–Crippen LogP) is 4.75. The Balaban J connectivity index is 1.59. The zero-order valence-electron chi connectivity index (χ0n) is 27.6. The number of nitrogens with one attached hydrogen (secondary N) is 3. The van der Waals surface area contributed by atoms with Crippen molar-refractivity contribution >= 4 is 27.5 Å². The van der Waals surface area contributed by atoms with Gasteiger partial charge in [-0.05, 0) is 72.9 Å². The van der Waals surface area contributed by atoms with Crippen LogP contribution in [0.15, 0.2) is 77.5 Å². The van der Waals surface area contributed by atoms with Crippen molar-refractivity contribution in [2.75, 3.05) is 30.6 Å². The molecule has 0 aliphatic rings. The molecule has 0 bridgehead atoms. The average Bonchev–Trinajstić information content (AvgIpc) is 3.58.